The Balaban J connectivity index is 0.00000320. The van der Waals surface area contributed by atoms with Crippen molar-refractivity contribution in [1.82, 2.24) is 15.5 Å². The molecule has 1 aliphatic heterocycles. The van der Waals surface area contributed by atoms with E-state index in [0.717, 1.165) is 5.56 Å². The summed E-state index contributed by atoms with van der Waals surface area (Å²) in [4.78, 5) is 30.6. The molecule has 3 rings (SSSR count). The Kier molecular flexibility index (Phi) is 9.25. The van der Waals surface area contributed by atoms with Gasteiger partial charge < -0.3 is 15.7 Å². The molecule has 0 bridgehead atoms. The summed E-state index contributed by atoms with van der Waals surface area (Å²) in [7, 11) is 0. The summed E-state index contributed by atoms with van der Waals surface area (Å²) in [6, 6.07) is 16.6. The van der Waals surface area contributed by atoms with Gasteiger partial charge in [-0.3, -0.25) is 19.5 Å². The van der Waals surface area contributed by atoms with Crippen LogP contribution in [0.1, 0.15) is 39.1 Å². The Labute approximate surface area is 193 Å². The highest BCUT2D eigenvalue weighted by atomic mass is 127. The lowest BCUT2D eigenvalue weighted by Gasteiger charge is -2.17. The second kappa shape index (κ2) is 11.7. The minimum atomic E-state index is -0.265. The summed E-state index contributed by atoms with van der Waals surface area (Å²) in [6.45, 7) is 3.69. The van der Waals surface area contributed by atoms with Crippen LogP contribution in [-0.2, 0) is 0 Å². The smallest absolute Gasteiger partial charge is 0.261 e. The standard InChI is InChI=1S/C22H26N4O3.HI/c1-2-23-22(25-14-17(15-27)16-8-4-3-5-9-16)24-12-13-26-20(28)18-10-6-7-11-19(18)21(26)29;/h3-11,17,27H,2,12-15H2,1H3,(H2,23,24,25);1H. The zero-order valence-corrected chi connectivity index (χ0v) is 19.2. The predicted molar refractivity (Wildman–Crippen MR) is 127 cm³/mol. The maximum Gasteiger partial charge on any atom is 0.261 e. The fourth-order valence-corrected chi connectivity index (χ4v) is 3.27. The van der Waals surface area contributed by atoms with E-state index in [9.17, 15) is 14.7 Å². The van der Waals surface area contributed by atoms with E-state index in [4.69, 9.17) is 0 Å². The SMILES string of the molecule is CCNC(=NCC(CO)c1ccccc1)NCCN1C(=O)c2ccccc2C1=O.I. The highest BCUT2D eigenvalue weighted by Gasteiger charge is 2.34. The molecule has 0 aliphatic carbocycles. The zero-order valence-electron chi connectivity index (χ0n) is 16.9. The first-order chi connectivity index (χ1) is 14.2. The third-order valence-electron chi connectivity index (χ3n) is 4.81. The van der Waals surface area contributed by atoms with Crippen molar-refractivity contribution >= 4 is 41.8 Å². The lowest BCUT2D eigenvalue weighted by molar-refractivity contribution is 0.0657. The van der Waals surface area contributed by atoms with E-state index < -0.39 is 0 Å². The Bertz CT molecular complexity index is 854. The van der Waals surface area contributed by atoms with Crippen molar-refractivity contribution < 1.29 is 14.7 Å². The van der Waals surface area contributed by atoms with Gasteiger partial charge in [0.15, 0.2) is 5.96 Å². The van der Waals surface area contributed by atoms with Crippen LogP contribution in [0.25, 0.3) is 0 Å². The van der Waals surface area contributed by atoms with Gasteiger partial charge in [0.25, 0.3) is 11.8 Å². The number of aliphatic hydroxyl groups is 1. The first kappa shape index (κ1) is 23.8. The average molecular weight is 522 g/mol. The summed E-state index contributed by atoms with van der Waals surface area (Å²) in [6.07, 6.45) is 0. The molecule has 0 saturated heterocycles. The Morgan fingerprint density at radius 1 is 1.00 bits per heavy atom. The molecule has 2 aromatic rings. The minimum absolute atomic E-state index is 0. The van der Waals surface area contributed by atoms with Crippen LogP contribution in [0, 0.1) is 0 Å². The molecule has 3 N–H and O–H groups in total. The van der Waals surface area contributed by atoms with Crippen LogP contribution in [0.15, 0.2) is 59.6 Å². The summed E-state index contributed by atoms with van der Waals surface area (Å²) in [5.41, 5.74) is 1.93. The summed E-state index contributed by atoms with van der Waals surface area (Å²) in [5, 5.41) is 16.0. The van der Waals surface area contributed by atoms with Crippen molar-refractivity contribution in [3.05, 3.63) is 71.3 Å². The quantitative estimate of drug-likeness (QED) is 0.214. The number of amides is 2. The van der Waals surface area contributed by atoms with Gasteiger partial charge in [-0.2, -0.15) is 0 Å². The number of fused-ring (bicyclic) bond motifs is 1. The molecule has 8 heteroatoms. The lowest BCUT2D eigenvalue weighted by Crippen LogP contribution is -2.43. The van der Waals surface area contributed by atoms with E-state index in [1.807, 2.05) is 37.3 Å². The molecule has 2 amide bonds. The molecule has 160 valence electrons. The van der Waals surface area contributed by atoms with Gasteiger partial charge in [-0.15, -0.1) is 24.0 Å². The number of rotatable bonds is 8. The van der Waals surface area contributed by atoms with Crippen LogP contribution in [0.2, 0.25) is 0 Å². The molecule has 0 saturated carbocycles. The number of nitrogens with one attached hydrogen (secondary N) is 2. The van der Waals surface area contributed by atoms with Gasteiger partial charge in [-0.1, -0.05) is 42.5 Å². The van der Waals surface area contributed by atoms with Gasteiger partial charge in [-0.05, 0) is 24.6 Å². The van der Waals surface area contributed by atoms with E-state index in [0.29, 0.717) is 36.7 Å². The fourth-order valence-electron chi connectivity index (χ4n) is 3.27. The van der Waals surface area contributed by atoms with Gasteiger partial charge in [0.2, 0.25) is 0 Å². The molecule has 2 aromatic carbocycles. The number of aliphatic imine (C=N–C) groups is 1. The molecule has 30 heavy (non-hydrogen) atoms. The fraction of sp³-hybridized carbons (Fsp3) is 0.318. The number of hydrogen-bond acceptors (Lipinski definition) is 4. The summed E-state index contributed by atoms with van der Waals surface area (Å²) < 4.78 is 0. The second-order valence-electron chi connectivity index (χ2n) is 6.74. The van der Waals surface area contributed by atoms with Crippen molar-refractivity contribution in [2.45, 2.75) is 12.8 Å². The van der Waals surface area contributed by atoms with Crippen molar-refractivity contribution in [3.8, 4) is 0 Å². The third-order valence-corrected chi connectivity index (χ3v) is 4.81. The maximum atomic E-state index is 12.4. The normalized spacial score (nSPS) is 14.2. The van der Waals surface area contributed by atoms with Crippen molar-refractivity contribution in [3.63, 3.8) is 0 Å². The summed E-state index contributed by atoms with van der Waals surface area (Å²) in [5.74, 6) is -0.0427. The van der Waals surface area contributed by atoms with Crippen LogP contribution in [-0.4, -0.2) is 60.6 Å². The lowest BCUT2D eigenvalue weighted by atomic mass is 10.0. The Hall–Kier alpha value is -2.46. The van der Waals surface area contributed by atoms with Gasteiger partial charge >= 0.3 is 0 Å². The molecule has 0 aromatic heterocycles. The predicted octanol–water partition coefficient (Wildman–Crippen LogP) is 2.23. The van der Waals surface area contributed by atoms with Gasteiger partial charge in [0, 0.05) is 25.6 Å². The number of nitrogens with zero attached hydrogens (tertiary/aromatic N) is 2. The maximum absolute atomic E-state index is 12.4. The first-order valence-corrected chi connectivity index (χ1v) is 9.79. The van der Waals surface area contributed by atoms with Crippen LogP contribution in [0.5, 0.6) is 0 Å². The number of aliphatic hydroxyl groups excluding tert-OH is 1. The monoisotopic (exact) mass is 522 g/mol. The van der Waals surface area contributed by atoms with E-state index in [2.05, 4.69) is 15.6 Å². The molecule has 1 heterocycles. The van der Waals surface area contributed by atoms with E-state index in [1.54, 1.807) is 24.3 Å². The highest BCUT2D eigenvalue weighted by molar-refractivity contribution is 14.0. The molecule has 0 spiro atoms. The summed E-state index contributed by atoms with van der Waals surface area (Å²) >= 11 is 0. The van der Waals surface area contributed by atoms with Crippen molar-refractivity contribution in [2.24, 2.45) is 4.99 Å². The molecule has 1 aliphatic rings. The Morgan fingerprint density at radius 2 is 1.60 bits per heavy atom. The van der Waals surface area contributed by atoms with Crippen LogP contribution < -0.4 is 10.6 Å². The Morgan fingerprint density at radius 3 is 2.17 bits per heavy atom. The van der Waals surface area contributed by atoms with Crippen LogP contribution in [0.3, 0.4) is 0 Å². The molecular formula is C22H27IN4O3. The van der Waals surface area contributed by atoms with Crippen LogP contribution in [0.4, 0.5) is 0 Å². The van der Waals surface area contributed by atoms with E-state index >= 15 is 0 Å². The number of guanidine groups is 1. The second-order valence-corrected chi connectivity index (χ2v) is 6.74. The van der Waals surface area contributed by atoms with Crippen molar-refractivity contribution in [1.29, 1.82) is 0 Å². The molecule has 0 fully saturated rings. The number of imide groups is 1. The number of benzene rings is 2. The third kappa shape index (κ3) is 5.57. The largest absolute Gasteiger partial charge is 0.396 e. The average Bonchev–Trinajstić information content (AvgIpc) is 3.00. The first-order valence-electron chi connectivity index (χ1n) is 9.79. The van der Waals surface area contributed by atoms with Gasteiger partial charge in [0.1, 0.15) is 0 Å². The topological polar surface area (TPSA) is 94.0 Å². The van der Waals surface area contributed by atoms with Gasteiger partial charge in [-0.25, -0.2) is 0 Å². The van der Waals surface area contributed by atoms with Crippen LogP contribution >= 0.6 is 24.0 Å². The number of halogens is 1. The van der Waals surface area contributed by atoms with Gasteiger partial charge in [0.05, 0.1) is 24.3 Å². The highest BCUT2D eigenvalue weighted by Crippen LogP contribution is 2.21. The molecule has 7 nitrogen and oxygen atoms in total. The zero-order chi connectivity index (χ0) is 20.6. The molecule has 0 radical (unpaired) electrons. The number of carbonyl (C=O) groups excluding carboxylic acids is 2. The molecule has 1 atom stereocenters. The van der Waals surface area contributed by atoms with Crippen molar-refractivity contribution in [2.75, 3.05) is 32.8 Å². The minimum Gasteiger partial charge on any atom is -0.396 e. The number of hydrogen-bond donors (Lipinski definition) is 3. The van der Waals surface area contributed by atoms with E-state index in [-0.39, 0.29) is 54.9 Å². The van der Waals surface area contributed by atoms with E-state index in [1.165, 1.54) is 4.90 Å². The number of carbonyl (C=O) groups is 2. The molecular weight excluding hydrogens is 495 g/mol. The molecule has 1 unspecified atom stereocenters.